The van der Waals surface area contributed by atoms with Gasteiger partial charge in [0.2, 0.25) is 0 Å². The Morgan fingerprint density at radius 2 is 1.94 bits per heavy atom. The van der Waals surface area contributed by atoms with Gasteiger partial charge in [0.25, 0.3) is 0 Å². The Hall–Kier alpha value is -1.76. The van der Waals surface area contributed by atoms with Crippen LogP contribution in [0.25, 0.3) is 0 Å². The molecule has 0 fully saturated rings. The number of sulfone groups is 1. The summed E-state index contributed by atoms with van der Waals surface area (Å²) in [5.41, 5.74) is 0. The summed E-state index contributed by atoms with van der Waals surface area (Å²) in [6.07, 6.45) is 0. The van der Waals surface area contributed by atoms with Crippen molar-refractivity contribution in [3.05, 3.63) is 18.2 Å². The lowest BCUT2D eigenvalue weighted by Gasteiger charge is -2.09. The molecule has 1 aromatic carbocycles. The topological polar surface area (TPSA) is 89.9 Å². The standard InChI is InChI=1S/C10H12O6S/c1-15-7-3-4-9(8(5-7)16-2)17(13,14)6-10(11)12/h3-5H,6H2,1-2H3,(H,11,12). The van der Waals surface area contributed by atoms with Gasteiger partial charge < -0.3 is 14.6 Å². The Kier molecular flexibility index (Phi) is 3.95. The van der Waals surface area contributed by atoms with Crippen LogP contribution in [-0.4, -0.2) is 39.5 Å². The minimum absolute atomic E-state index is 0.0607. The Balaban J connectivity index is 3.26. The SMILES string of the molecule is COc1ccc(S(=O)(=O)CC(=O)O)c(OC)c1. The fraction of sp³-hybridized carbons (Fsp3) is 0.300. The van der Waals surface area contributed by atoms with Gasteiger partial charge >= 0.3 is 5.97 Å². The summed E-state index contributed by atoms with van der Waals surface area (Å²) in [6, 6.07) is 4.07. The van der Waals surface area contributed by atoms with Crippen LogP contribution in [-0.2, 0) is 14.6 Å². The van der Waals surface area contributed by atoms with Crippen molar-refractivity contribution in [2.24, 2.45) is 0 Å². The van der Waals surface area contributed by atoms with Crippen LogP contribution >= 0.6 is 0 Å². The second-order valence-electron chi connectivity index (χ2n) is 3.17. The number of carbonyl (C=O) groups is 1. The van der Waals surface area contributed by atoms with Gasteiger partial charge in [0, 0.05) is 6.07 Å². The maximum Gasteiger partial charge on any atom is 0.319 e. The van der Waals surface area contributed by atoms with E-state index in [1.54, 1.807) is 0 Å². The lowest BCUT2D eigenvalue weighted by atomic mass is 10.3. The lowest BCUT2D eigenvalue weighted by molar-refractivity contribution is -0.134. The number of methoxy groups -OCH3 is 2. The van der Waals surface area contributed by atoms with E-state index in [2.05, 4.69) is 0 Å². The lowest BCUT2D eigenvalue weighted by Crippen LogP contribution is -2.16. The zero-order valence-electron chi connectivity index (χ0n) is 9.34. The van der Waals surface area contributed by atoms with Gasteiger partial charge in [-0.2, -0.15) is 0 Å². The van der Waals surface area contributed by atoms with Crippen molar-refractivity contribution in [1.29, 1.82) is 0 Å². The number of benzene rings is 1. The van der Waals surface area contributed by atoms with Crippen LogP contribution in [0.4, 0.5) is 0 Å². The maximum atomic E-state index is 11.7. The minimum atomic E-state index is -3.91. The Bertz CT molecular complexity index is 520. The molecule has 1 N–H and O–H groups in total. The zero-order chi connectivity index (χ0) is 13.1. The van der Waals surface area contributed by atoms with Crippen LogP contribution in [0.5, 0.6) is 11.5 Å². The highest BCUT2D eigenvalue weighted by atomic mass is 32.2. The molecule has 0 bridgehead atoms. The first-order valence-corrected chi connectivity index (χ1v) is 6.22. The van der Waals surface area contributed by atoms with Crippen molar-refractivity contribution in [3.63, 3.8) is 0 Å². The monoisotopic (exact) mass is 260 g/mol. The highest BCUT2D eigenvalue weighted by Crippen LogP contribution is 2.28. The summed E-state index contributed by atoms with van der Waals surface area (Å²) >= 11 is 0. The van der Waals surface area contributed by atoms with Crippen LogP contribution in [0.15, 0.2) is 23.1 Å². The van der Waals surface area contributed by atoms with Crippen LogP contribution in [0.2, 0.25) is 0 Å². The molecule has 0 unspecified atom stereocenters. The highest BCUT2D eigenvalue weighted by molar-refractivity contribution is 7.92. The molecule has 0 aliphatic carbocycles. The Morgan fingerprint density at radius 3 is 2.41 bits per heavy atom. The van der Waals surface area contributed by atoms with Gasteiger partial charge in [0.15, 0.2) is 15.6 Å². The summed E-state index contributed by atoms with van der Waals surface area (Å²) in [5.74, 6) is -1.90. The summed E-state index contributed by atoms with van der Waals surface area (Å²) in [4.78, 5) is 10.3. The van der Waals surface area contributed by atoms with Gasteiger partial charge in [-0.25, -0.2) is 8.42 Å². The van der Waals surface area contributed by atoms with Crippen LogP contribution in [0.3, 0.4) is 0 Å². The van der Waals surface area contributed by atoms with Crippen LogP contribution in [0.1, 0.15) is 0 Å². The van der Waals surface area contributed by atoms with Crippen molar-refractivity contribution in [3.8, 4) is 11.5 Å². The molecule has 0 aromatic heterocycles. The van der Waals surface area contributed by atoms with E-state index in [1.165, 1.54) is 32.4 Å². The fourth-order valence-electron chi connectivity index (χ4n) is 1.27. The molecule has 0 amide bonds. The minimum Gasteiger partial charge on any atom is -0.497 e. The molecule has 0 radical (unpaired) electrons. The highest BCUT2D eigenvalue weighted by Gasteiger charge is 2.23. The molecule has 0 aliphatic heterocycles. The predicted molar refractivity (Wildman–Crippen MR) is 59.2 cm³/mol. The van der Waals surface area contributed by atoms with E-state index in [-0.39, 0.29) is 10.6 Å². The first kappa shape index (κ1) is 13.3. The summed E-state index contributed by atoms with van der Waals surface area (Å²) in [7, 11) is -1.18. The smallest absolute Gasteiger partial charge is 0.319 e. The third-order valence-electron chi connectivity index (χ3n) is 2.02. The van der Waals surface area contributed by atoms with E-state index in [0.717, 1.165) is 0 Å². The second kappa shape index (κ2) is 5.05. The largest absolute Gasteiger partial charge is 0.497 e. The number of hydrogen-bond donors (Lipinski definition) is 1. The van der Waals surface area contributed by atoms with E-state index in [0.29, 0.717) is 5.75 Å². The average molecular weight is 260 g/mol. The molecule has 0 saturated heterocycles. The molecule has 0 saturated carbocycles. The van der Waals surface area contributed by atoms with E-state index in [9.17, 15) is 13.2 Å². The zero-order valence-corrected chi connectivity index (χ0v) is 10.2. The molecule has 17 heavy (non-hydrogen) atoms. The fourth-order valence-corrected chi connectivity index (χ4v) is 2.48. The molecular weight excluding hydrogens is 248 g/mol. The molecule has 1 aromatic rings. The molecule has 94 valence electrons. The first-order valence-electron chi connectivity index (χ1n) is 4.57. The third-order valence-corrected chi connectivity index (χ3v) is 3.65. The van der Waals surface area contributed by atoms with Crippen molar-refractivity contribution < 1.29 is 27.8 Å². The number of carboxylic acids is 1. The summed E-state index contributed by atoms with van der Waals surface area (Å²) in [6.45, 7) is 0. The molecule has 0 aliphatic rings. The first-order chi connectivity index (χ1) is 7.90. The number of carboxylic acid groups (broad SMARTS) is 1. The Labute approximate surface area is 98.7 Å². The predicted octanol–water partition coefficient (Wildman–Crippen LogP) is 0.562. The van der Waals surface area contributed by atoms with E-state index in [1.807, 2.05) is 0 Å². The maximum absolute atomic E-state index is 11.7. The Morgan fingerprint density at radius 1 is 1.29 bits per heavy atom. The molecule has 0 heterocycles. The third kappa shape index (κ3) is 3.10. The normalized spacial score (nSPS) is 10.9. The van der Waals surface area contributed by atoms with Crippen molar-refractivity contribution in [2.75, 3.05) is 20.0 Å². The molecule has 1 rings (SSSR count). The number of rotatable bonds is 5. The van der Waals surface area contributed by atoms with E-state index in [4.69, 9.17) is 14.6 Å². The van der Waals surface area contributed by atoms with Gasteiger partial charge in [-0.1, -0.05) is 0 Å². The van der Waals surface area contributed by atoms with Gasteiger partial charge in [0.1, 0.15) is 16.4 Å². The van der Waals surface area contributed by atoms with Gasteiger partial charge in [0.05, 0.1) is 14.2 Å². The molecule has 6 nitrogen and oxygen atoms in total. The van der Waals surface area contributed by atoms with Crippen molar-refractivity contribution >= 4 is 15.8 Å². The van der Waals surface area contributed by atoms with Gasteiger partial charge in [-0.05, 0) is 12.1 Å². The van der Waals surface area contributed by atoms with Crippen molar-refractivity contribution in [2.45, 2.75) is 4.90 Å². The van der Waals surface area contributed by atoms with Crippen LogP contribution in [0, 0.1) is 0 Å². The van der Waals surface area contributed by atoms with Crippen LogP contribution < -0.4 is 9.47 Å². The number of ether oxygens (including phenoxy) is 2. The van der Waals surface area contributed by atoms with Gasteiger partial charge in [-0.3, -0.25) is 4.79 Å². The number of aliphatic carboxylic acids is 1. The molecule has 7 heteroatoms. The van der Waals surface area contributed by atoms with Crippen molar-refractivity contribution in [1.82, 2.24) is 0 Å². The van der Waals surface area contributed by atoms with Gasteiger partial charge in [-0.15, -0.1) is 0 Å². The quantitative estimate of drug-likeness (QED) is 0.832. The summed E-state index contributed by atoms with van der Waals surface area (Å²) in [5, 5.41) is 8.53. The van der Waals surface area contributed by atoms with E-state index >= 15 is 0 Å². The number of hydrogen-bond acceptors (Lipinski definition) is 5. The molecular formula is C10H12O6S. The average Bonchev–Trinajstić information content (AvgIpc) is 2.26. The second-order valence-corrected chi connectivity index (χ2v) is 5.13. The van der Waals surface area contributed by atoms with E-state index < -0.39 is 21.6 Å². The molecule has 0 spiro atoms. The summed E-state index contributed by atoms with van der Waals surface area (Å²) < 4.78 is 33.3. The molecule has 0 atom stereocenters.